The van der Waals surface area contributed by atoms with E-state index in [1.807, 2.05) is 13.2 Å². The zero-order chi connectivity index (χ0) is 12.3. The van der Waals surface area contributed by atoms with Crippen LogP contribution in [0.5, 0.6) is 0 Å². The largest absolute Gasteiger partial charge is 0.357 e. The number of rotatable bonds is 3. The van der Waals surface area contributed by atoms with Crippen molar-refractivity contribution >= 4 is 11.8 Å². The molecule has 0 aromatic carbocycles. The molecule has 0 aliphatic carbocycles. The van der Waals surface area contributed by atoms with Gasteiger partial charge in [-0.25, -0.2) is 4.98 Å². The molecule has 1 aliphatic rings. The fourth-order valence-electron chi connectivity index (χ4n) is 2.46. The molecule has 0 amide bonds. The van der Waals surface area contributed by atoms with E-state index in [0.717, 1.165) is 24.8 Å². The summed E-state index contributed by atoms with van der Waals surface area (Å²) >= 11 is 0. The fraction of sp³-hybridized carbons (Fsp3) is 0.692. The highest BCUT2D eigenvalue weighted by Crippen LogP contribution is 2.26. The standard InChI is InChI=1S/C13H22N4/c1-4-11-6-5-7-17(9-11)12-10(2)8-15-13(14-3)16-12/h8,11H,4-7,9H2,1-3H3,(H,14,15,16). The molecule has 2 heterocycles. The molecular weight excluding hydrogens is 212 g/mol. The van der Waals surface area contributed by atoms with E-state index in [4.69, 9.17) is 0 Å². The van der Waals surface area contributed by atoms with Crippen LogP contribution in [0.4, 0.5) is 11.8 Å². The van der Waals surface area contributed by atoms with Gasteiger partial charge in [0.25, 0.3) is 0 Å². The zero-order valence-corrected chi connectivity index (χ0v) is 11.0. The van der Waals surface area contributed by atoms with Crippen molar-refractivity contribution in [2.75, 3.05) is 30.4 Å². The van der Waals surface area contributed by atoms with Gasteiger partial charge in [0.2, 0.25) is 5.95 Å². The lowest BCUT2D eigenvalue weighted by atomic mass is 9.95. The summed E-state index contributed by atoms with van der Waals surface area (Å²) in [5, 5.41) is 3.01. The van der Waals surface area contributed by atoms with Crippen molar-refractivity contribution in [1.82, 2.24) is 9.97 Å². The lowest BCUT2D eigenvalue weighted by Crippen LogP contribution is -2.36. The van der Waals surface area contributed by atoms with Gasteiger partial charge in [-0.2, -0.15) is 4.98 Å². The summed E-state index contributed by atoms with van der Waals surface area (Å²) in [6.07, 6.45) is 5.80. The first-order valence-electron chi connectivity index (χ1n) is 6.51. The molecule has 17 heavy (non-hydrogen) atoms. The SMILES string of the molecule is CCC1CCCN(c2nc(NC)ncc2C)C1. The Bertz CT molecular complexity index is 378. The number of aromatic nitrogens is 2. The fourth-order valence-corrected chi connectivity index (χ4v) is 2.46. The van der Waals surface area contributed by atoms with Gasteiger partial charge in [-0.05, 0) is 25.7 Å². The number of hydrogen-bond donors (Lipinski definition) is 1. The van der Waals surface area contributed by atoms with Gasteiger partial charge in [-0.1, -0.05) is 13.3 Å². The molecule has 0 spiro atoms. The molecular formula is C13H22N4. The predicted octanol–water partition coefficient (Wildman–Crippen LogP) is 2.45. The van der Waals surface area contributed by atoms with Gasteiger partial charge < -0.3 is 10.2 Å². The molecule has 0 bridgehead atoms. The summed E-state index contributed by atoms with van der Waals surface area (Å²) in [6.45, 7) is 6.62. The van der Waals surface area contributed by atoms with Crippen LogP contribution in [0.25, 0.3) is 0 Å². The highest BCUT2D eigenvalue weighted by Gasteiger charge is 2.21. The minimum Gasteiger partial charge on any atom is -0.357 e. The average Bonchev–Trinajstić information content (AvgIpc) is 2.39. The first kappa shape index (κ1) is 12.1. The van der Waals surface area contributed by atoms with Crippen molar-refractivity contribution in [3.05, 3.63) is 11.8 Å². The van der Waals surface area contributed by atoms with Crippen molar-refractivity contribution in [2.24, 2.45) is 5.92 Å². The maximum atomic E-state index is 4.59. The van der Waals surface area contributed by atoms with Gasteiger partial charge in [-0.3, -0.25) is 0 Å². The second-order valence-corrected chi connectivity index (χ2v) is 4.81. The summed E-state index contributed by atoms with van der Waals surface area (Å²) in [4.78, 5) is 11.2. The second kappa shape index (κ2) is 5.34. The van der Waals surface area contributed by atoms with E-state index < -0.39 is 0 Å². The molecule has 1 aliphatic heterocycles. The van der Waals surface area contributed by atoms with Gasteiger partial charge in [-0.15, -0.1) is 0 Å². The molecule has 94 valence electrons. The predicted molar refractivity (Wildman–Crippen MR) is 71.5 cm³/mol. The molecule has 1 N–H and O–H groups in total. The third-order valence-electron chi connectivity index (χ3n) is 3.56. The monoisotopic (exact) mass is 234 g/mol. The molecule has 2 rings (SSSR count). The topological polar surface area (TPSA) is 41.1 Å². The Labute approximate surface area is 103 Å². The van der Waals surface area contributed by atoms with E-state index in [-0.39, 0.29) is 0 Å². The highest BCUT2D eigenvalue weighted by atomic mass is 15.2. The smallest absolute Gasteiger partial charge is 0.224 e. The Kier molecular flexibility index (Phi) is 3.82. The summed E-state index contributed by atoms with van der Waals surface area (Å²) in [5.41, 5.74) is 1.17. The summed E-state index contributed by atoms with van der Waals surface area (Å²) in [5.74, 6) is 2.63. The summed E-state index contributed by atoms with van der Waals surface area (Å²) in [6, 6.07) is 0. The lowest BCUT2D eigenvalue weighted by Gasteiger charge is -2.34. The van der Waals surface area contributed by atoms with Gasteiger partial charge in [0.1, 0.15) is 5.82 Å². The third-order valence-corrected chi connectivity index (χ3v) is 3.56. The molecule has 1 aromatic heterocycles. The minimum atomic E-state index is 0.712. The summed E-state index contributed by atoms with van der Waals surface area (Å²) in [7, 11) is 1.86. The van der Waals surface area contributed by atoms with Crippen LogP contribution in [-0.2, 0) is 0 Å². The molecule has 0 saturated carbocycles. The van der Waals surface area contributed by atoms with Crippen LogP contribution in [0, 0.1) is 12.8 Å². The van der Waals surface area contributed by atoms with Crippen LogP contribution >= 0.6 is 0 Å². The van der Waals surface area contributed by atoms with Crippen molar-refractivity contribution in [2.45, 2.75) is 33.1 Å². The van der Waals surface area contributed by atoms with Crippen LogP contribution in [0.3, 0.4) is 0 Å². The number of piperidine rings is 1. The number of hydrogen-bond acceptors (Lipinski definition) is 4. The van der Waals surface area contributed by atoms with E-state index in [0.29, 0.717) is 5.95 Å². The molecule has 4 heteroatoms. The van der Waals surface area contributed by atoms with E-state index in [1.165, 1.54) is 24.8 Å². The highest BCUT2D eigenvalue weighted by molar-refractivity contribution is 5.49. The Hall–Kier alpha value is -1.32. The van der Waals surface area contributed by atoms with Crippen molar-refractivity contribution in [1.29, 1.82) is 0 Å². The molecule has 4 nitrogen and oxygen atoms in total. The zero-order valence-electron chi connectivity index (χ0n) is 11.0. The third kappa shape index (κ3) is 2.68. The minimum absolute atomic E-state index is 0.712. The number of aryl methyl sites for hydroxylation is 1. The quantitative estimate of drug-likeness (QED) is 0.872. The van der Waals surface area contributed by atoms with Crippen molar-refractivity contribution in [3.8, 4) is 0 Å². The molecule has 1 atom stereocenters. The number of nitrogens with zero attached hydrogens (tertiary/aromatic N) is 3. The van der Waals surface area contributed by atoms with Crippen LogP contribution in [0.15, 0.2) is 6.20 Å². The van der Waals surface area contributed by atoms with Crippen LogP contribution in [-0.4, -0.2) is 30.1 Å². The maximum Gasteiger partial charge on any atom is 0.224 e. The first-order valence-corrected chi connectivity index (χ1v) is 6.51. The first-order chi connectivity index (χ1) is 8.24. The van der Waals surface area contributed by atoms with Gasteiger partial charge in [0.15, 0.2) is 0 Å². The van der Waals surface area contributed by atoms with E-state index in [9.17, 15) is 0 Å². The molecule has 1 unspecified atom stereocenters. The number of anilines is 2. The molecule has 0 radical (unpaired) electrons. The van der Waals surface area contributed by atoms with Crippen molar-refractivity contribution < 1.29 is 0 Å². The van der Waals surface area contributed by atoms with E-state index in [2.05, 4.69) is 34.0 Å². The van der Waals surface area contributed by atoms with Crippen molar-refractivity contribution in [3.63, 3.8) is 0 Å². The van der Waals surface area contributed by atoms with E-state index in [1.54, 1.807) is 0 Å². The normalized spacial score (nSPS) is 20.4. The van der Waals surface area contributed by atoms with Crippen LogP contribution in [0.2, 0.25) is 0 Å². The lowest BCUT2D eigenvalue weighted by molar-refractivity contribution is 0.402. The Morgan fingerprint density at radius 1 is 1.53 bits per heavy atom. The van der Waals surface area contributed by atoms with Crippen LogP contribution in [0.1, 0.15) is 31.7 Å². The second-order valence-electron chi connectivity index (χ2n) is 4.81. The Morgan fingerprint density at radius 2 is 2.35 bits per heavy atom. The van der Waals surface area contributed by atoms with Crippen LogP contribution < -0.4 is 10.2 Å². The van der Waals surface area contributed by atoms with Gasteiger partial charge in [0.05, 0.1) is 0 Å². The molecule has 1 saturated heterocycles. The Morgan fingerprint density at radius 3 is 3.06 bits per heavy atom. The van der Waals surface area contributed by atoms with E-state index >= 15 is 0 Å². The average molecular weight is 234 g/mol. The summed E-state index contributed by atoms with van der Waals surface area (Å²) < 4.78 is 0. The molecule has 1 fully saturated rings. The Balaban J connectivity index is 2.20. The number of nitrogens with one attached hydrogen (secondary N) is 1. The van der Waals surface area contributed by atoms with Gasteiger partial charge >= 0.3 is 0 Å². The van der Waals surface area contributed by atoms with Gasteiger partial charge in [0, 0.05) is 31.9 Å². The maximum absolute atomic E-state index is 4.59. The molecule has 1 aromatic rings.